The zero-order valence-electron chi connectivity index (χ0n) is 10.8. The third-order valence-corrected chi connectivity index (χ3v) is 3.68. The molecule has 0 fully saturated rings. The summed E-state index contributed by atoms with van der Waals surface area (Å²) in [5, 5.41) is 0. The minimum atomic E-state index is -3.72. The van der Waals surface area contributed by atoms with Crippen molar-refractivity contribution in [2.24, 2.45) is 0 Å². The fourth-order valence-corrected chi connectivity index (χ4v) is 2.53. The first-order chi connectivity index (χ1) is 9.72. The predicted octanol–water partition coefficient (Wildman–Crippen LogP) is 4.55. The number of rotatable bonds is 7. The van der Waals surface area contributed by atoms with Crippen LogP contribution in [0.5, 0.6) is 5.75 Å². The second kappa shape index (κ2) is 6.94. The molecule has 2 aromatic carbocycles. The molecule has 5 heteroatoms. The zero-order valence-corrected chi connectivity index (χ0v) is 11.7. The van der Waals surface area contributed by atoms with Gasteiger partial charge in [-0.3, -0.25) is 4.52 Å². The Labute approximate surface area is 118 Å². The summed E-state index contributed by atoms with van der Waals surface area (Å²) in [5.41, 5.74) is 0.872. The first-order valence-electron chi connectivity index (χ1n) is 6.04. The number of phosphoric acid groups is 1. The van der Waals surface area contributed by atoms with Gasteiger partial charge in [-0.2, -0.15) is 0 Å². The van der Waals surface area contributed by atoms with Crippen LogP contribution in [0.1, 0.15) is 5.56 Å². The van der Waals surface area contributed by atoms with Crippen LogP contribution in [0.25, 0.3) is 0 Å². The first-order valence-corrected chi connectivity index (χ1v) is 7.50. The summed E-state index contributed by atoms with van der Waals surface area (Å²) in [5.74, 6) is 0.408. The van der Waals surface area contributed by atoms with E-state index in [4.69, 9.17) is 13.6 Å². The lowest BCUT2D eigenvalue weighted by Gasteiger charge is -2.16. The van der Waals surface area contributed by atoms with Gasteiger partial charge in [-0.15, -0.1) is 0 Å². The van der Waals surface area contributed by atoms with Gasteiger partial charge in [0.25, 0.3) is 0 Å². The minimum Gasteiger partial charge on any atom is -0.404 e. The van der Waals surface area contributed by atoms with Crippen molar-refractivity contribution >= 4 is 7.82 Å². The quantitative estimate of drug-likeness (QED) is 0.554. The van der Waals surface area contributed by atoms with Crippen molar-refractivity contribution in [1.29, 1.82) is 0 Å². The Bertz CT molecular complexity index is 583. The predicted molar refractivity (Wildman–Crippen MR) is 77.2 cm³/mol. The molecule has 0 aliphatic carbocycles. The van der Waals surface area contributed by atoms with Crippen LogP contribution < -0.4 is 4.52 Å². The summed E-state index contributed by atoms with van der Waals surface area (Å²) < 4.78 is 28.0. The summed E-state index contributed by atoms with van der Waals surface area (Å²) in [7, 11) is -3.72. The van der Waals surface area contributed by atoms with Gasteiger partial charge in [-0.25, -0.2) is 4.57 Å². The molecule has 104 valence electrons. The molecule has 0 spiro atoms. The molecule has 0 radical (unpaired) electrons. The van der Waals surface area contributed by atoms with E-state index in [-0.39, 0.29) is 6.61 Å². The van der Waals surface area contributed by atoms with Gasteiger partial charge < -0.3 is 9.05 Å². The molecule has 0 saturated heterocycles. The molecule has 2 aromatic rings. The van der Waals surface area contributed by atoms with Crippen molar-refractivity contribution in [2.75, 3.05) is 0 Å². The van der Waals surface area contributed by atoms with E-state index in [0.29, 0.717) is 5.75 Å². The number of phosphoric ester groups is 1. The van der Waals surface area contributed by atoms with Crippen molar-refractivity contribution in [3.63, 3.8) is 0 Å². The Morgan fingerprint density at radius 2 is 1.60 bits per heavy atom. The van der Waals surface area contributed by atoms with Crippen LogP contribution in [-0.4, -0.2) is 0 Å². The average molecular weight is 290 g/mol. The van der Waals surface area contributed by atoms with Crippen molar-refractivity contribution in [3.8, 4) is 5.75 Å². The Balaban J connectivity index is 2.05. The summed E-state index contributed by atoms with van der Waals surface area (Å²) >= 11 is 0. The molecule has 0 heterocycles. The highest BCUT2D eigenvalue weighted by molar-refractivity contribution is 7.49. The normalized spacial score (nSPS) is 13.2. The highest BCUT2D eigenvalue weighted by Gasteiger charge is 2.28. The Morgan fingerprint density at radius 3 is 2.20 bits per heavy atom. The molecule has 2 rings (SSSR count). The molecule has 0 bridgehead atoms. The molecule has 0 aliphatic heterocycles. The monoisotopic (exact) mass is 290 g/mol. The highest BCUT2D eigenvalue weighted by Crippen LogP contribution is 2.50. The van der Waals surface area contributed by atoms with Crippen LogP contribution in [-0.2, 0) is 20.2 Å². The summed E-state index contributed by atoms with van der Waals surface area (Å²) in [6.07, 6.45) is 1.05. The fraction of sp³-hybridized carbons (Fsp3) is 0.0667. The second-order valence-electron chi connectivity index (χ2n) is 3.88. The maximum absolute atomic E-state index is 12.4. The third kappa shape index (κ3) is 4.26. The topological polar surface area (TPSA) is 44.8 Å². The van der Waals surface area contributed by atoms with Crippen LogP contribution in [0.4, 0.5) is 0 Å². The molecule has 0 N–H and O–H groups in total. The zero-order chi connectivity index (χ0) is 14.3. The van der Waals surface area contributed by atoms with E-state index < -0.39 is 7.82 Å². The van der Waals surface area contributed by atoms with Crippen molar-refractivity contribution < 1.29 is 18.1 Å². The van der Waals surface area contributed by atoms with Crippen LogP contribution in [0.3, 0.4) is 0 Å². The first kappa shape index (κ1) is 14.4. The van der Waals surface area contributed by atoms with Gasteiger partial charge in [0.1, 0.15) is 5.75 Å². The largest absolute Gasteiger partial charge is 0.587 e. The van der Waals surface area contributed by atoms with E-state index in [1.807, 2.05) is 36.4 Å². The average Bonchev–Trinajstić information content (AvgIpc) is 2.48. The standard InChI is InChI=1S/C15H15O4P/c1-2-17-20(16,19-15-11-7-4-8-12-15)18-13-14-9-5-3-6-10-14/h2-12H,1,13H2. The van der Waals surface area contributed by atoms with Gasteiger partial charge in [-0.05, 0) is 17.7 Å². The fourth-order valence-electron chi connectivity index (χ4n) is 1.51. The van der Waals surface area contributed by atoms with E-state index >= 15 is 0 Å². The SMILES string of the molecule is C=COP(=O)(OCc1ccccc1)Oc1ccccc1. The molecular weight excluding hydrogens is 275 g/mol. The van der Waals surface area contributed by atoms with Crippen molar-refractivity contribution in [3.05, 3.63) is 79.1 Å². The maximum atomic E-state index is 12.4. The summed E-state index contributed by atoms with van der Waals surface area (Å²) in [4.78, 5) is 0. The van der Waals surface area contributed by atoms with Crippen molar-refractivity contribution in [2.45, 2.75) is 6.61 Å². The minimum absolute atomic E-state index is 0.124. The van der Waals surface area contributed by atoms with E-state index in [9.17, 15) is 4.57 Å². The van der Waals surface area contributed by atoms with Gasteiger partial charge in [0.05, 0.1) is 12.9 Å². The molecule has 0 aromatic heterocycles. The summed E-state index contributed by atoms with van der Waals surface area (Å²) in [6, 6.07) is 18.1. The lowest BCUT2D eigenvalue weighted by molar-refractivity contribution is 0.186. The number of hydrogen-bond donors (Lipinski definition) is 0. The molecule has 4 nitrogen and oxygen atoms in total. The van der Waals surface area contributed by atoms with Crippen LogP contribution >= 0.6 is 7.82 Å². The van der Waals surface area contributed by atoms with Crippen LogP contribution in [0.2, 0.25) is 0 Å². The molecule has 1 unspecified atom stereocenters. The van der Waals surface area contributed by atoms with Gasteiger partial charge in [-0.1, -0.05) is 55.1 Å². The van der Waals surface area contributed by atoms with Gasteiger partial charge in [0.15, 0.2) is 0 Å². The molecule has 20 heavy (non-hydrogen) atoms. The van der Waals surface area contributed by atoms with Crippen molar-refractivity contribution in [1.82, 2.24) is 0 Å². The van der Waals surface area contributed by atoms with Gasteiger partial charge >= 0.3 is 7.82 Å². The molecule has 0 amide bonds. The van der Waals surface area contributed by atoms with E-state index in [1.165, 1.54) is 0 Å². The number of para-hydroxylation sites is 1. The van der Waals surface area contributed by atoms with Crippen LogP contribution in [0, 0.1) is 0 Å². The maximum Gasteiger partial charge on any atom is 0.587 e. The number of benzene rings is 2. The lowest BCUT2D eigenvalue weighted by Crippen LogP contribution is -2.00. The van der Waals surface area contributed by atoms with E-state index in [2.05, 4.69) is 6.58 Å². The Kier molecular flexibility index (Phi) is 4.99. The van der Waals surface area contributed by atoms with Gasteiger partial charge in [0.2, 0.25) is 0 Å². The van der Waals surface area contributed by atoms with E-state index in [1.54, 1.807) is 24.3 Å². The second-order valence-corrected chi connectivity index (χ2v) is 5.43. The van der Waals surface area contributed by atoms with E-state index in [0.717, 1.165) is 11.8 Å². The Morgan fingerprint density at radius 1 is 1.00 bits per heavy atom. The van der Waals surface area contributed by atoms with Gasteiger partial charge in [0, 0.05) is 0 Å². The summed E-state index contributed by atoms with van der Waals surface area (Å²) in [6.45, 7) is 3.51. The molecule has 0 saturated carbocycles. The smallest absolute Gasteiger partial charge is 0.404 e. The Hall–Kier alpha value is -2.03. The number of hydrogen-bond acceptors (Lipinski definition) is 4. The molecular formula is C15H15O4P. The van der Waals surface area contributed by atoms with Crippen LogP contribution in [0.15, 0.2) is 73.5 Å². The lowest BCUT2D eigenvalue weighted by atomic mass is 10.2. The highest BCUT2D eigenvalue weighted by atomic mass is 31.2. The third-order valence-electron chi connectivity index (χ3n) is 2.40. The molecule has 1 atom stereocenters. The molecule has 0 aliphatic rings.